The minimum Gasteiger partial charge on any atom is -0.311 e. The maximum atomic E-state index is 2.50. The molecule has 2 aliphatic carbocycles. The number of hydrogen-bond donors (Lipinski definition) is 0. The standard InChI is InChI=1S/C73H48N2Si/c1-2-21-54(22-3-1)76(70-38-16-9-28-61(70)62-29-10-17-39-71(62)76)55-23-18-20-53(48-55)74(51-44-46-52(47-45-51)75-68-36-14-7-26-59(68)60-27-8-15-37-69(60)75)50-42-40-49(41-43-50)56-31-19-35-67-72(56)63-30-6-13-34-66(63)73(67)64-32-11-4-24-57(64)58-25-5-12-33-65(58)73/h1-48H. The molecule has 3 aliphatic rings. The topological polar surface area (TPSA) is 8.17 Å². The minimum atomic E-state index is -2.78. The lowest BCUT2D eigenvalue weighted by Crippen LogP contribution is -2.72. The number of aromatic nitrogens is 1. The number of benzene rings is 12. The third-order valence-electron chi connectivity index (χ3n) is 17.1. The van der Waals surface area contributed by atoms with E-state index >= 15 is 0 Å². The van der Waals surface area contributed by atoms with E-state index < -0.39 is 13.5 Å². The van der Waals surface area contributed by atoms with E-state index in [2.05, 4.69) is 301 Å². The fourth-order valence-corrected chi connectivity index (χ4v) is 19.4. The van der Waals surface area contributed by atoms with Gasteiger partial charge in [-0.15, -0.1) is 0 Å². The predicted octanol–water partition coefficient (Wildman–Crippen LogP) is 15.6. The Balaban J connectivity index is 0.878. The average molecular weight is 981 g/mol. The van der Waals surface area contributed by atoms with E-state index in [0.29, 0.717) is 0 Å². The zero-order valence-corrected chi connectivity index (χ0v) is 42.6. The molecular formula is C73H48N2Si. The second-order valence-electron chi connectivity index (χ2n) is 20.6. The molecule has 1 aromatic heterocycles. The van der Waals surface area contributed by atoms with Crippen molar-refractivity contribution in [2.45, 2.75) is 5.41 Å². The largest absolute Gasteiger partial charge is 0.311 e. The Bertz CT molecular complexity index is 4330. The average Bonchev–Trinajstić information content (AvgIpc) is 4.40. The van der Waals surface area contributed by atoms with Crippen LogP contribution in [0, 0.1) is 0 Å². The SMILES string of the molecule is c1ccc([Si]2(c3cccc(N(c4ccc(-c5cccc6c5-c5ccccc5C65c6ccccc6-c6ccccc65)cc4)c4ccc(-n5c6ccccc6c6ccccc65)cc4)c3)c3ccccc3-c3ccccc32)cc1. The number of nitrogens with zero attached hydrogens (tertiary/aromatic N) is 2. The van der Waals surface area contributed by atoms with Crippen LogP contribution in [0.3, 0.4) is 0 Å². The summed E-state index contributed by atoms with van der Waals surface area (Å²) in [6, 6.07) is 109. The third-order valence-corrected chi connectivity index (χ3v) is 22.0. The van der Waals surface area contributed by atoms with Crippen molar-refractivity contribution < 1.29 is 0 Å². The van der Waals surface area contributed by atoms with Crippen molar-refractivity contribution in [2.75, 3.05) is 4.90 Å². The van der Waals surface area contributed by atoms with Gasteiger partial charge in [-0.05, 0) is 148 Å². The summed E-state index contributed by atoms with van der Waals surface area (Å²) in [5, 5.41) is 8.14. The highest BCUT2D eigenvalue weighted by Gasteiger charge is 2.52. The van der Waals surface area contributed by atoms with E-state index in [0.717, 1.165) is 22.7 Å². The Hall–Kier alpha value is -9.54. The molecule has 0 N–H and O–H groups in total. The lowest BCUT2D eigenvalue weighted by atomic mass is 9.70. The highest BCUT2D eigenvalue weighted by atomic mass is 28.3. The summed E-state index contributed by atoms with van der Waals surface area (Å²) in [4.78, 5) is 2.47. The predicted molar refractivity (Wildman–Crippen MR) is 320 cm³/mol. The maximum absolute atomic E-state index is 2.78. The molecule has 0 radical (unpaired) electrons. The van der Waals surface area contributed by atoms with Crippen LogP contribution in [0.15, 0.2) is 291 Å². The van der Waals surface area contributed by atoms with Crippen LogP contribution in [-0.2, 0) is 5.41 Å². The van der Waals surface area contributed by atoms with Gasteiger partial charge in [-0.2, -0.15) is 0 Å². The monoisotopic (exact) mass is 980 g/mol. The van der Waals surface area contributed by atoms with E-state index in [4.69, 9.17) is 0 Å². The van der Waals surface area contributed by atoms with Crippen molar-refractivity contribution in [1.82, 2.24) is 4.57 Å². The summed E-state index contributed by atoms with van der Waals surface area (Å²) >= 11 is 0. The molecule has 1 spiro atoms. The molecule has 0 saturated carbocycles. The Kier molecular flexibility index (Phi) is 9.31. The van der Waals surface area contributed by atoms with Crippen LogP contribution in [0.25, 0.3) is 72.0 Å². The summed E-state index contributed by atoms with van der Waals surface area (Å²) in [5.41, 5.74) is 22.2. The summed E-state index contributed by atoms with van der Waals surface area (Å²) in [7, 11) is -2.78. The van der Waals surface area contributed by atoms with Gasteiger partial charge in [-0.25, -0.2) is 0 Å². The van der Waals surface area contributed by atoms with Crippen LogP contribution in [0.2, 0.25) is 0 Å². The van der Waals surface area contributed by atoms with Gasteiger partial charge in [0.2, 0.25) is 0 Å². The first-order valence-electron chi connectivity index (χ1n) is 26.5. The first kappa shape index (κ1) is 42.9. The van der Waals surface area contributed by atoms with Crippen LogP contribution in [0.5, 0.6) is 0 Å². The molecule has 3 heteroatoms. The van der Waals surface area contributed by atoms with E-state index in [1.807, 2.05) is 0 Å². The second kappa shape index (κ2) is 16.5. The molecule has 2 nitrogen and oxygen atoms in total. The molecule has 0 unspecified atom stereocenters. The first-order chi connectivity index (χ1) is 37.7. The van der Waals surface area contributed by atoms with Crippen molar-refractivity contribution >= 4 is 67.7 Å². The molecule has 0 atom stereocenters. The van der Waals surface area contributed by atoms with Crippen molar-refractivity contribution in [1.29, 1.82) is 0 Å². The lowest BCUT2D eigenvalue weighted by molar-refractivity contribution is 0.794. The van der Waals surface area contributed by atoms with Crippen LogP contribution in [0.4, 0.5) is 17.1 Å². The summed E-state index contributed by atoms with van der Waals surface area (Å²) in [5.74, 6) is 0. The molecule has 354 valence electrons. The molecular weight excluding hydrogens is 933 g/mol. The molecule has 13 aromatic rings. The third kappa shape index (κ3) is 5.80. The van der Waals surface area contributed by atoms with E-state index in [-0.39, 0.29) is 0 Å². The van der Waals surface area contributed by atoms with Crippen molar-refractivity contribution in [3.63, 3.8) is 0 Å². The number of fused-ring (bicyclic) bond motifs is 16. The van der Waals surface area contributed by atoms with Crippen molar-refractivity contribution in [2.24, 2.45) is 0 Å². The summed E-state index contributed by atoms with van der Waals surface area (Å²) in [6.07, 6.45) is 0. The Labute approximate surface area is 443 Å². The van der Waals surface area contributed by atoms with Crippen molar-refractivity contribution in [3.8, 4) is 50.2 Å². The molecule has 0 fully saturated rings. The number of rotatable bonds is 7. The van der Waals surface area contributed by atoms with Gasteiger partial charge in [0.05, 0.1) is 16.4 Å². The van der Waals surface area contributed by atoms with Crippen LogP contribution >= 0.6 is 0 Å². The molecule has 2 heterocycles. The van der Waals surface area contributed by atoms with Gasteiger partial charge in [0.15, 0.2) is 8.07 Å². The highest BCUT2D eigenvalue weighted by Crippen LogP contribution is 2.64. The zero-order chi connectivity index (χ0) is 50.0. The Morgan fingerprint density at radius 3 is 1.37 bits per heavy atom. The van der Waals surface area contributed by atoms with E-state index in [1.165, 1.54) is 109 Å². The summed E-state index contributed by atoms with van der Waals surface area (Å²) in [6.45, 7) is 0. The molecule has 1 aliphatic heterocycles. The fourth-order valence-electron chi connectivity index (χ4n) is 14.2. The van der Waals surface area contributed by atoms with Gasteiger partial charge in [-0.3, -0.25) is 0 Å². The highest BCUT2D eigenvalue weighted by molar-refractivity contribution is 7.22. The quantitative estimate of drug-likeness (QED) is 0.145. The Morgan fingerprint density at radius 1 is 0.303 bits per heavy atom. The van der Waals surface area contributed by atoms with Gasteiger partial charge in [-0.1, -0.05) is 231 Å². The van der Waals surface area contributed by atoms with E-state index in [1.54, 1.807) is 0 Å². The van der Waals surface area contributed by atoms with Gasteiger partial charge in [0.25, 0.3) is 0 Å². The number of hydrogen-bond acceptors (Lipinski definition) is 1. The minimum absolute atomic E-state index is 0.400. The number of anilines is 3. The number of para-hydroxylation sites is 2. The van der Waals surface area contributed by atoms with Gasteiger partial charge < -0.3 is 9.47 Å². The van der Waals surface area contributed by atoms with Crippen LogP contribution < -0.4 is 25.6 Å². The summed E-state index contributed by atoms with van der Waals surface area (Å²) < 4.78 is 2.40. The normalized spacial score (nSPS) is 13.7. The fraction of sp³-hybridized carbons (Fsp3) is 0.0137. The first-order valence-corrected chi connectivity index (χ1v) is 28.5. The molecule has 16 rings (SSSR count). The molecule has 12 aromatic carbocycles. The lowest BCUT2D eigenvalue weighted by Gasteiger charge is -2.33. The molecule has 0 bridgehead atoms. The second-order valence-corrected chi connectivity index (χ2v) is 24.4. The smallest absolute Gasteiger partial charge is 0.180 e. The van der Waals surface area contributed by atoms with Crippen molar-refractivity contribution in [3.05, 3.63) is 313 Å². The Morgan fingerprint density at radius 2 is 0.750 bits per heavy atom. The molecule has 0 amide bonds. The van der Waals surface area contributed by atoms with Gasteiger partial charge in [0.1, 0.15) is 0 Å². The van der Waals surface area contributed by atoms with E-state index in [9.17, 15) is 0 Å². The molecule has 0 saturated heterocycles. The van der Waals surface area contributed by atoms with Crippen LogP contribution in [-0.4, -0.2) is 12.6 Å². The van der Waals surface area contributed by atoms with Gasteiger partial charge >= 0.3 is 0 Å². The molecule has 76 heavy (non-hydrogen) atoms. The van der Waals surface area contributed by atoms with Gasteiger partial charge in [0, 0.05) is 33.5 Å². The van der Waals surface area contributed by atoms with Crippen LogP contribution in [0.1, 0.15) is 22.3 Å². The maximum Gasteiger partial charge on any atom is 0.180 e. The zero-order valence-electron chi connectivity index (χ0n) is 41.6.